The first kappa shape index (κ1) is 34.0. The van der Waals surface area contributed by atoms with Crippen LogP contribution in [0.1, 0.15) is 56.1 Å². The van der Waals surface area contributed by atoms with E-state index in [2.05, 4.69) is 10.6 Å². The quantitative estimate of drug-likeness (QED) is 0.172. The van der Waals surface area contributed by atoms with Gasteiger partial charge in [0.05, 0.1) is 18.6 Å². The number of nitrogens with one attached hydrogen (secondary N) is 2. The third kappa shape index (κ3) is 8.84. The van der Waals surface area contributed by atoms with E-state index >= 15 is 0 Å². The third-order valence-electron chi connectivity index (χ3n) is 8.38. The summed E-state index contributed by atoms with van der Waals surface area (Å²) < 4.78 is 33.0. The van der Waals surface area contributed by atoms with E-state index in [-0.39, 0.29) is 35.9 Å². The molecule has 0 radical (unpaired) electrons. The van der Waals surface area contributed by atoms with Crippen LogP contribution in [0.25, 0.3) is 0 Å². The minimum absolute atomic E-state index is 0.121. The van der Waals surface area contributed by atoms with E-state index in [4.69, 9.17) is 10.5 Å². The van der Waals surface area contributed by atoms with Crippen LogP contribution in [0.5, 0.6) is 0 Å². The number of carbonyl (C=O) groups excluding carboxylic acids is 2. The molecule has 1 aliphatic carbocycles. The van der Waals surface area contributed by atoms with Gasteiger partial charge in [-0.15, -0.1) is 0 Å². The second-order valence-corrected chi connectivity index (χ2v) is 13.3. The normalized spacial score (nSPS) is 15.3. The maximum atomic E-state index is 14.0. The summed E-state index contributed by atoms with van der Waals surface area (Å²) in [6, 6.07) is 23.4. The number of sulfonamides is 1. The molecular weight excluding hydrogens is 592 g/mol. The van der Waals surface area contributed by atoms with Gasteiger partial charge < -0.3 is 26.2 Å². The summed E-state index contributed by atoms with van der Waals surface area (Å²) in [7, 11) is -2.58. The first-order valence-electron chi connectivity index (χ1n) is 15.4. The standard InChI is InChI=1S/C34H44N4O6S/c1-3-38(45(42,43)29-21-19-27(35)20-22-29)28(23-39)15-10-16-30(24-17-18-24)36-33(40)32(37-34(41)44-2)31(25-11-6-4-7-12-25)26-13-8-5-9-14-26/h4-9,11-14,19-22,24,28,30-32,39H,3,10,15-18,23,35H2,1-2H3,(H,36,40)(H,37,41). The fourth-order valence-corrected chi connectivity index (χ4v) is 7.54. The van der Waals surface area contributed by atoms with Crippen LogP contribution >= 0.6 is 0 Å². The molecule has 0 spiro atoms. The molecule has 10 nitrogen and oxygen atoms in total. The number of benzene rings is 3. The van der Waals surface area contributed by atoms with E-state index in [1.807, 2.05) is 60.7 Å². The van der Waals surface area contributed by atoms with Crippen molar-refractivity contribution in [1.29, 1.82) is 0 Å². The van der Waals surface area contributed by atoms with Crippen molar-refractivity contribution in [1.82, 2.24) is 14.9 Å². The van der Waals surface area contributed by atoms with Crippen molar-refractivity contribution in [2.24, 2.45) is 5.92 Å². The third-order valence-corrected chi connectivity index (χ3v) is 10.4. The van der Waals surface area contributed by atoms with Crippen molar-refractivity contribution >= 4 is 27.7 Å². The molecule has 1 aliphatic rings. The van der Waals surface area contributed by atoms with Gasteiger partial charge in [0.15, 0.2) is 0 Å². The van der Waals surface area contributed by atoms with E-state index in [0.717, 1.165) is 24.0 Å². The number of hydrogen-bond donors (Lipinski definition) is 4. The maximum absolute atomic E-state index is 14.0. The monoisotopic (exact) mass is 636 g/mol. The second kappa shape index (κ2) is 15.9. The Morgan fingerprint density at radius 2 is 1.51 bits per heavy atom. The Labute approximate surface area is 266 Å². The Morgan fingerprint density at radius 3 is 2.00 bits per heavy atom. The van der Waals surface area contributed by atoms with E-state index in [0.29, 0.717) is 24.9 Å². The molecule has 1 saturated carbocycles. The first-order chi connectivity index (χ1) is 21.7. The van der Waals surface area contributed by atoms with Crippen LogP contribution in [0.4, 0.5) is 10.5 Å². The van der Waals surface area contributed by atoms with Crippen LogP contribution in [-0.4, -0.2) is 68.2 Å². The average molecular weight is 637 g/mol. The first-order valence-corrected chi connectivity index (χ1v) is 16.9. The number of nitrogens with zero attached hydrogens (tertiary/aromatic N) is 1. The van der Waals surface area contributed by atoms with Crippen LogP contribution < -0.4 is 16.4 Å². The van der Waals surface area contributed by atoms with Gasteiger partial charge in [0, 0.05) is 30.2 Å². The lowest BCUT2D eigenvalue weighted by Gasteiger charge is -2.31. The van der Waals surface area contributed by atoms with E-state index in [9.17, 15) is 23.1 Å². The number of alkyl carbamates (subject to hydrolysis) is 1. The number of likely N-dealkylation sites (N-methyl/N-ethyl adjacent to an activating group) is 1. The highest BCUT2D eigenvalue weighted by Gasteiger charge is 2.38. The SMILES string of the molecule is CCN(C(CO)CCCC(NC(=O)C(NC(=O)OC)C(c1ccccc1)c1ccccc1)C1CC1)S(=O)(=O)c1ccc(N)cc1. The Hall–Kier alpha value is -3.93. The number of nitrogen functional groups attached to an aromatic ring is 1. The van der Waals surface area contributed by atoms with Gasteiger partial charge in [-0.05, 0) is 73.4 Å². The van der Waals surface area contributed by atoms with Crippen molar-refractivity contribution in [2.75, 3.05) is 26.0 Å². The number of amides is 2. The minimum Gasteiger partial charge on any atom is -0.453 e. The van der Waals surface area contributed by atoms with Crippen LogP contribution in [0.2, 0.25) is 0 Å². The van der Waals surface area contributed by atoms with Gasteiger partial charge >= 0.3 is 6.09 Å². The highest BCUT2D eigenvalue weighted by Crippen LogP contribution is 2.36. The molecule has 11 heteroatoms. The summed E-state index contributed by atoms with van der Waals surface area (Å²) in [4.78, 5) is 26.6. The molecule has 0 aliphatic heterocycles. The molecule has 3 atom stereocenters. The molecule has 3 aromatic rings. The number of aliphatic hydroxyl groups is 1. The smallest absolute Gasteiger partial charge is 0.407 e. The lowest BCUT2D eigenvalue weighted by molar-refractivity contribution is -0.124. The van der Waals surface area contributed by atoms with Crippen molar-refractivity contribution < 1.29 is 27.9 Å². The highest BCUT2D eigenvalue weighted by atomic mass is 32.2. The minimum atomic E-state index is -3.84. The highest BCUT2D eigenvalue weighted by molar-refractivity contribution is 7.89. The van der Waals surface area contributed by atoms with Crippen LogP contribution in [0.15, 0.2) is 89.8 Å². The lowest BCUT2D eigenvalue weighted by atomic mass is 9.84. The summed E-state index contributed by atoms with van der Waals surface area (Å²) in [5.74, 6) is -0.510. The van der Waals surface area contributed by atoms with Gasteiger partial charge in [0.2, 0.25) is 15.9 Å². The second-order valence-electron chi connectivity index (χ2n) is 11.4. The van der Waals surface area contributed by atoms with Crippen LogP contribution in [0, 0.1) is 5.92 Å². The summed E-state index contributed by atoms with van der Waals surface area (Å²) in [6.45, 7) is 1.61. The molecule has 5 N–H and O–H groups in total. The number of methoxy groups -OCH3 is 1. The maximum Gasteiger partial charge on any atom is 0.407 e. The van der Waals surface area contributed by atoms with Gasteiger partial charge in [-0.2, -0.15) is 4.31 Å². The molecule has 3 aromatic carbocycles. The fourth-order valence-electron chi connectivity index (χ4n) is 5.88. The van der Waals surface area contributed by atoms with Gasteiger partial charge in [0.1, 0.15) is 6.04 Å². The van der Waals surface area contributed by atoms with Crippen molar-refractivity contribution in [3.05, 3.63) is 96.1 Å². The molecule has 3 unspecified atom stereocenters. The molecule has 242 valence electrons. The zero-order chi connectivity index (χ0) is 32.4. The van der Waals surface area contributed by atoms with Crippen LogP contribution in [-0.2, 0) is 19.6 Å². The Morgan fingerprint density at radius 1 is 0.933 bits per heavy atom. The van der Waals surface area contributed by atoms with Crippen LogP contribution in [0.3, 0.4) is 0 Å². The molecule has 0 saturated heterocycles. The Balaban J connectivity index is 1.50. The van der Waals surface area contributed by atoms with E-state index in [1.165, 1.54) is 23.5 Å². The van der Waals surface area contributed by atoms with Crippen molar-refractivity contribution in [3.63, 3.8) is 0 Å². The number of hydrogen-bond acceptors (Lipinski definition) is 7. The number of nitrogens with two attached hydrogens (primary N) is 1. The van der Waals surface area contributed by atoms with Gasteiger partial charge in [-0.25, -0.2) is 13.2 Å². The number of aliphatic hydroxyl groups excluding tert-OH is 1. The summed E-state index contributed by atoms with van der Waals surface area (Å²) in [5, 5.41) is 16.2. The summed E-state index contributed by atoms with van der Waals surface area (Å²) in [5.41, 5.74) is 7.95. The Kier molecular flexibility index (Phi) is 12.0. The molecule has 45 heavy (non-hydrogen) atoms. The zero-order valence-corrected chi connectivity index (χ0v) is 26.7. The van der Waals surface area contributed by atoms with E-state index < -0.39 is 34.1 Å². The van der Waals surface area contributed by atoms with Gasteiger partial charge in [-0.3, -0.25) is 4.79 Å². The molecule has 0 heterocycles. The number of carbonyl (C=O) groups is 2. The molecule has 1 fully saturated rings. The molecular formula is C34H44N4O6S. The largest absolute Gasteiger partial charge is 0.453 e. The molecule has 2 amide bonds. The average Bonchev–Trinajstić information content (AvgIpc) is 3.90. The number of anilines is 1. The topological polar surface area (TPSA) is 151 Å². The van der Waals surface area contributed by atoms with Gasteiger partial charge in [-0.1, -0.05) is 67.6 Å². The molecule has 4 rings (SSSR count). The van der Waals surface area contributed by atoms with Crippen molar-refractivity contribution in [2.45, 2.75) is 68.0 Å². The summed E-state index contributed by atoms with van der Waals surface area (Å²) >= 11 is 0. The number of rotatable bonds is 16. The molecule has 0 aromatic heterocycles. The van der Waals surface area contributed by atoms with E-state index in [1.54, 1.807) is 19.1 Å². The molecule has 0 bridgehead atoms. The van der Waals surface area contributed by atoms with Crippen molar-refractivity contribution in [3.8, 4) is 0 Å². The Bertz CT molecular complexity index is 1440. The predicted molar refractivity (Wildman–Crippen MR) is 174 cm³/mol. The van der Waals surface area contributed by atoms with Gasteiger partial charge in [0.25, 0.3) is 0 Å². The summed E-state index contributed by atoms with van der Waals surface area (Å²) in [6.07, 6.45) is 2.82. The predicted octanol–water partition coefficient (Wildman–Crippen LogP) is 4.26. The lowest BCUT2D eigenvalue weighted by Crippen LogP contribution is -2.53. The zero-order valence-electron chi connectivity index (χ0n) is 25.8. The number of ether oxygens (including phenoxy) is 1. The fraction of sp³-hybridized carbons (Fsp3) is 0.412.